The zero-order valence-electron chi connectivity index (χ0n) is 11.8. The van der Waals surface area contributed by atoms with Gasteiger partial charge < -0.3 is 10.1 Å². The minimum Gasteiger partial charge on any atom is -0.495 e. The van der Waals surface area contributed by atoms with Crippen molar-refractivity contribution >= 4 is 0 Å². The molecule has 3 nitrogen and oxygen atoms in total. The van der Waals surface area contributed by atoms with Crippen LogP contribution in [-0.4, -0.2) is 13.7 Å². The Bertz CT molecular complexity index is 472. The molecule has 1 aliphatic rings. The maximum atomic E-state index is 9.06. The summed E-state index contributed by atoms with van der Waals surface area (Å²) in [6.45, 7) is 4.17. The lowest BCUT2D eigenvalue weighted by atomic mass is 10.0. The highest BCUT2D eigenvalue weighted by molar-refractivity contribution is 5.45. The van der Waals surface area contributed by atoms with Gasteiger partial charge in [-0.25, -0.2) is 0 Å². The standard InChI is InChI=1S/C16H22N2O/c1-3-6-16(7-8-16)12-18-11-13-4-5-15(19-2)14(9-13)10-17/h4-5,9,18H,3,6-8,11-12H2,1-2H3. The summed E-state index contributed by atoms with van der Waals surface area (Å²) in [5.41, 5.74) is 2.32. The number of rotatable bonds is 7. The third-order valence-electron chi connectivity index (χ3n) is 3.95. The van der Waals surface area contributed by atoms with Crippen LogP contribution in [0.3, 0.4) is 0 Å². The first kappa shape index (κ1) is 13.9. The van der Waals surface area contributed by atoms with E-state index >= 15 is 0 Å². The van der Waals surface area contributed by atoms with E-state index in [9.17, 15) is 0 Å². The van der Waals surface area contributed by atoms with E-state index in [1.165, 1.54) is 25.7 Å². The highest BCUT2D eigenvalue weighted by atomic mass is 16.5. The Labute approximate surface area is 115 Å². The Morgan fingerprint density at radius 2 is 2.21 bits per heavy atom. The molecule has 1 saturated carbocycles. The summed E-state index contributed by atoms with van der Waals surface area (Å²) < 4.78 is 5.15. The van der Waals surface area contributed by atoms with Crippen LogP contribution in [0.2, 0.25) is 0 Å². The number of hydrogen-bond donors (Lipinski definition) is 1. The van der Waals surface area contributed by atoms with Gasteiger partial charge in [0.15, 0.2) is 0 Å². The molecule has 0 amide bonds. The fourth-order valence-corrected chi connectivity index (χ4v) is 2.65. The van der Waals surface area contributed by atoms with Crippen molar-refractivity contribution in [3.63, 3.8) is 0 Å². The van der Waals surface area contributed by atoms with Gasteiger partial charge in [-0.3, -0.25) is 0 Å². The highest BCUT2D eigenvalue weighted by Gasteiger charge is 2.40. The monoisotopic (exact) mass is 258 g/mol. The van der Waals surface area contributed by atoms with Gasteiger partial charge in [-0.15, -0.1) is 0 Å². The van der Waals surface area contributed by atoms with Crippen LogP contribution >= 0.6 is 0 Å². The van der Waals surface area contributed by atoms with E-state index in [2.05, 4.69) is 18.3 Å². The Balaban J connectivity index is 1.88. The summed E-state index contributed by atoms with van der Waals surface area (Å²) in [4.78, 5) is 0. The fourth-order valence-electron chi connectivity index (χ4n) is 2.65. The van der Waals surface area contributed by atoms with Crippen molar-refractivity contribution in [1.29, 1.82) is 5.26 Å². The Kier molecular flexibility index (Phi) is 4.44. The van der Waals surface area contributed by atoms with Gasteiger partial charge in [-0.2, -0.15) is 5.26 Å². The zero-order valence-corrected chi connectivity index (χ0v) is 11.8. The molecule has 0 unspecified atom stereocenters. The SMILES string of the molecule is CCCC1(CNCc2ccc(OC)c(C#N)c2)CC1. The fraction of sp³-hybridized carbons (Fsp3) is 0.562. The number of methoxy groups -OCH3 is 1. The molecule has 1 aromatic carbocycles. The van der Waals surface area contributed by atoms with E-state index in [1.54, 1.807) is 7.11 Å². The molecule has 0 bridgehead atoms. The minimum absolute atomic E-state index is 0.569. The molecular weight excluding hydrogens is 236 g/mol. The summed E-state index contributed by atoms with van der Waals surface area (Å²) in [6, 6.07) is 7.97. The maximum absolute atomic E-state index is 9.06. The van der Waals surface area contributed by atoms with Gasteiger partial charge in [0.05, 0.1) is 12.7 Å². The summed E-state index contributed by atoms with van der Waals surface area (Å²) >= 11 is 0. The second-order valence-electron chi connectivity index (χ2n) is 5.50. The summed E-state index contributed by atoms with van der Waals surface area (Å²) in [5.74, 6) is 0.649. The van der Waals surface area contributed by atoms with E-state index in [-0.39, 0.29) is 0 Å². The topological polar surface area (TPSA) is 45.0 Å². The number of hydrogen-bond acceptors (Lipinski definition) is 3. The van der Waals surface area contributed by atoms with Gasteiger partial charge in [-0.1, -0.05) is 19.4 Å². The number of nitrogens with one attached hydrogen (secondary N) is 1. The Morgan fingerprint density at radius 1 is 1.42 bits per heavy atom. The van der Waals surface area contributed by atoms with Crippen molar-refractivity contribution < 1.29 is 4.74 Å². The highest BCUT2D eigenvalue weighted by Crippen LogP contribution is 2.48. The Morgan fingerprint density at radius 3 is 2.79 bits per heavy atom. The largest absolute Gasteiger partial charge is 0.495 e. The van der Waals surface area contributed by atoms with E-state index in [0.717, 1.165) is 18.7 Å². The molecule has 1 N–H and O–H groups in total. The van der Waals surface area contributed by atoms with Crippen LogP contribution in [0.5, 0.6) is 5.75 Å². The van der Waals surface area contributed by atoms with Crippen LogP contribution in [0.4, 0.5) is 0 Å². The molecule has 1 fully saturated rings. The van der Waals surface area contributed by atoms with E-state index in [1.807, 2.05) is 18.2 Å². The minimum atomic E-state index is 0.569. The van der Waals surface area contributed by atoms with Crippen LogP contribution < -0.4 is 10.1 Å². The number of nitrogens with zero attached hydrogens (tertiary/aromatic N) is 1. The van der Waals surface area contributed by atoms with Crippen molar-refractivity contribution in [3.05, 3.63) is 29.3 Å². The second-order valence-corrected chi connectivity index (χ2v) is 5.50. The summed E-state index contributed by atoms with van der Waals surface area (Å²) in [7, 11) is 1.59. The lowest BCUT2D eigenvalue weighted by molar-refractivity contribution is 0.412. The Hall–Kier alpha value is -1.53. The number of benzene rings is 1. The van der Waals surface area contributed by atoms with E-state index in [4.69, 9.17) is 10.00 Å². The van der Waals surface area contributed by atoms with Gasteiger partial charge in [0.1, 0.15) is 11.8 Å². The predicted molar refractivity (Wildman–Crippen MR) is 76.0 cm³/mol. The molecule has 1 aromatic rings. The molecule has 0 aliphatic heterocycles. The molecule has 0 saturated heterocycles. The summed E-state index contributed by atoms with van der Waals surface area (Å²) in [6.07, 6.45) is 5.31. The molecule has 0 aromatic heterocycles. The van der Waals surface area contributed by atoms with Crippen LogP contribution in [0.15, 0.2) is 18.2 Å². The molecule has 19 heavy (non-hydrogen) atoms. The first-order chi connectivity index (χ1) is 9.23. The smallest absolute Gasteiger partial charge is 0.136 e. The lowest BCUT2D eigenvalue weighted by Gasteiger charge is -2.15. The van der Waals surface area contributed by atoms with Crippen LogP contribution in [0.1, 0.15) is 43.7 Å². The average molecular weight is 258 g/mol. The predicted octanol–water partition coefficient (Wildman–Crippen LogP) is 3.24. The van der Waals surface area contributed by atoms with Crippen molar-refractivity contribution in [3.8, 4) is 11.8 Å². The van der Waals surface area contributed by atoms with Gasteiger partial charge in [0.25, 0.3) is 0 Å². The van der Waals surface area contributed by atoms with E-state index < -0.39 is 0 Å². The quantitative estimate of drug-likeness (QED) is 0.816. The normalized spacial score (nSPS) is 15.8. The third kappa shape index (κ3) is 3.48. The molecule has 2 rings (SSSR count). The molecule has 102 valence electrons. The molecule has 0 heterocycles. The average Bonchev–Trinajstić information content (AvgIpc) is 3.19. The summed E-state index contributed by atoms with van der Waals surface area (Å²) in [5, 5.41) is 12.6. The maximum Gasteiger partial charge on any atom is 0.136 e. The molecule has 1 aliphatic carbocycles. The molecule has 3 heteroatoms. The van der Waals surface area contributed by atoms with Gasteiger partial charge in [0.2, 0.25) is 0 Å². The van der Waals surface area contributed by atoms with Gasteiger partial charge in [-0.05, 0) is 42.4 Å². The lowest BCUT2D eigenvalue weighted by Crippen LogP contribution is -2.23. The van der Waals surface area contributed by atoms with Gasteiger partial charge >= 0.3 is 0 Å². The number of nitriles is 1. The van der Waals surface area contributed by atoms with Crippen molar-refractivity contribution in [2.45, 2.75) is 39.2 Å². The molecule has 0 spiro atoms. The van der Waals surface area contributed by atoms with Crippen molar-refractivity contribution in [1.82, 2.24) is 5.32 Å². The second kappa shape index (κ2) is 6.08. The number of ether oxygens (including phenoxy) is 1. The first-order valence-corrected chi connectivity index (χ1v) is 7.01. The van der Waals surface area contributed by atoms with Crippen LogP contribution in [-0.2, 0) is 6.54 Å². The zero-order chi connectivity index (χ0) is 13.7. The molecule has 0 atom stereocenters. The third-order valence-corrected chi connectivity index (χ3v) is 3.95. The molecular formula is C16H22N2O. The van der Waals surface area contributed by atoms with E-state index in [0.29, 0.717) is 16.7 Å². The molecule has 0 radical (unpaired) electrons. The first-order valence-electron chi connectivity index (χ1n) is 7.01. The van der Waals surface area contributed by atoms with Crippen molar-refractivity contribution in [2.24, 2.45) is 5.41 Å². The van der Waals surface area contributed by atoms with Crippen LogP contribution in [0.25, 0.3) is 0 Å². The van der Waals surface area contributed by atoms with Crippen molar-refractivity contribution in [2.75, 3.05) is 13.7 Å². The van der Waals surface area contributed by atoms with Gasteiger partial charge in [0, 0.05) is 13.1 Å². The van der Waals surface area contributed by atoms with Crippen LogP contribution in [0, 0.1) is 16.7 Å².